The molecule has 0 bridgehead atoms. The van der Waals surface area contributed by atoms with E-state index in [0.717, 1.165) is 16.7 Å². The fourth-order valence-electron chi connectivity index (χ4n) is 3.36. The number of carbonyl (C=O) groups excluding carboxylic acids is 1. The molecule has 1 aromatic heterocycles. The number of phenolic OH excluding ortho intramolecular Hbond substituents is 1. The van der Waals surface area contributed by atoms with Gasteiger partial charge in [0.05, 0.1) is 0 Å². The third-order valence-electron chi connectivity index (χ3n) is 4.64. The number of nitrogens with zero attached hydrogens (tertiary/aromatic N) is 3. The summed E-state index contributed by atoms with van der Waals surface area (Å²) < 4.78 is 5.51. The Hall–Kier alpha value is -3.15. The minimum atomic E-state index is -0.298. The first-order valence-electron chi connectivity index (χ1n) is 8.56. The number of hydrogen-bond acceptors (Lipinski definition) is 5. The normalized spacial score (nSPS) is 14.7. The van der Waals surface area contributed by atoms with Gasteiger partial charge in [-0.25, -0.2) is 0 Å². The summed E-state index contributed by atoms with van der Waals surface area (Å²) in [6, 6.07) is 13.9. The second-order valence-electron chi connectivity index (χ2n) is 6.78. The van der Waals surface area contributed by atoms with Crippen molar-refractivity contribution in [3.05, 3.63) is 65.5 Å². The minimum Gasteiger partial charge on any atom is -0.508 e. The van der Waals surface area contributed by atoms with Crippen LogP contribution in [-0.2, 0) is 6.54 Å². The maximum atomic E-state index is 12.8. The molecule has 0 fully saturated rings. The van der Waals surface area contributed by atoms with Crippen molar-refractivity contribution in [2.75, 3.05) is 0 Å². The Balaban J connectivity index is 1.66. The zero-order valence-corrected chi connectivity index (χ0v) is 14.6. The molecular weight excluding hydrogens is 330 g/mol. The Morgan fingerprint density at radius 3 is 2.54 bits per heavy atom. The molecule has 1 amide bonds. The fraction of sp³-hybridized carbons (Fsp3) is 0.250. The molecule has 1 aliphatic heterocycles. The summed E-state index contributed by atoms with van der Waals surface area (Å²) in [5, 5.41) is 13.5. The zero-order valence-electron chi connectivity index (χ0n) is 14.6. The molecule has 0 spiro atoms. The van der Waals surface area contributed by atoms with Gasteiger partial charge in [0.1, 0.15) is 11.8 Å². The van der Waals surface area contributed by atoms with E-state index in [1.807, 2.05) is 38.1 Å². The predicted molar refractivity (Wildman–Crippen MR) is 95.3 cm³/mol. The summed E-state index contributed by atoms with van der Waals surface area (Å²) in [7, 11) is 0. The molecule has 1 atom stereocenters. The van der Waals surface area contributed by atoms with Crippen molar-refractivity contribution in [1.29, 1.82) is 0 Å². The smallest absolute Gasteiger partial charge is 0.255 e. The molecule has 0 radical (unpaired) electrons. The number of amides is 1. The zero-order chi connectivity index (χ0) is 18.3. The average Bonchev–Trinajstić information content (AvgIpc) is 3.22. The highest BCUT2D eigenvalue weighted by Crippen LogP contribution is 2.35. The number of phenols is 1. The van der Waals surface area contributed by atoms with Crippen LogP contribution in [0.25, 0.3) is 11.4 Å². The third kappa shape index (κ3) is 2.73. The molecule has 0 saturated carbocycles. The van der Waals surface area contributed by atoms with Crippen LogP contribution >= 0.6 is 0 Å². The summed E-state index contributed by atoms with van der Waals surface area (Å²) >= 11 is 0. The molecule has 1 N–H and O–H groups in total. The van der Waals surface area contributed by atoms with Crippen LogP contribution in [0.3, 0.4) is 0 Å². The molecule has 132 valence electrons. The lowest BCUT2D eigenvalue weighted by Gasteiger charge is -2.27. The highest BCUT2D eigenvalue weighted by Gasteiger charge is 2.37. The number of aromatic nitrogens is 2. The highest BCUT2D eigenvalue weighted by molar-refractivity contribution is 5.98. The third-order valence-corrected chi connectivity index (χ3v) is 4.64. The Kier molecular flexibility index (Phi) is 3.95. The van der Waals surface area contributed by atoms with E-state index in [4.69, 9.17) is 4.52 Å². The van der Waals surface area contributed by atoms with Gasteiger partial charge in [-0.15, -0.1) is 0 Å². The van der Waals surface area contributed by atoms with Crippen LogP contribution in [0.2, 0.25) is 0 Å². The SMILES string of the molecule is CC(C)[C@H](c1nc(-c2ccc(O)cc2)no1)N1Cc2ccccc2C1=O. The van der Waals surface area contributed by atoms with Gasteiger partial charge in [-0.3, -0.25) is 4.79 Å². The van der Waals surface area contributed by atoms with Gasteiger partial charge in [0, 0.05) is 17.7 Å². The van der Waals surface area contributed by atoms with Gasteiger partial charge in [-0.1, -0.05) is 37.2 Å². The summed E-state index contributed by atoms with van der Waals surface area (Å²) in [6.07, 6.45) is 0. The van der Waals surface area contributed by atoms with Crippen molar-refractivity contribution in [2.45, 2.75) is 26.4 Å². The lowest BCUT2D eigenvalue weighted by atomic mass is 10.0. The van der Waals surface area contributed by atoms with E-state index in [0.29, 0.717) is 18.3 Å². The maximum absolute atomic E-state index is 12.8. The van der Waals surface area contributed by atoms with E-state index in [1.165, 1.54) is 0 Å². The molecule has 2 heterocycles. The molecule has 6 nitrogen and oxygen atoms in total. The van der Waals surface area contributed by atoms with Gasteiger partial charge >= 0.3 is 0 Å². The van der Waals surface area contributed by atoms with Crippen molar-refractivity contribution in [1.82, 2.24) is 15.0 Å². The number of carbonyl (C=O) groups is 1. The van der Waals surface area contributed by atoms with E-state index >= 15 is 0 Å². The predicted octanol–water partition coefficient (Wildman–Crippen LogP) is 3.80. The minimum absolute atomic E-state index is 0.0105. The quantitative estimate of drug-likeness (QED) is 0.775. The van der Waals surface area contributed by atoms with Crippen LogP contribution in [0.15, 0.2) is 53.1 Å². The van der Waals surface area contributed by atoms with Crippen LogP contribution in [-0.4, -0.2) is 26.1 Å². The molecule has 2 aromatic carbocycles. The lowest BCUT2D eigenvalue weighted by molar-refractivity contribution is 0.0596. The topological polar surface area (TPSA) is 79.5 Å². The Morgan fingerprint density at radius 1 is 1.12 bits per heavy atom. The molecule has 4 rings (SSSR count). The summed E-state index contributed by atoms with van der Waals surface area (Å²) in [5.74, 6) is 1.14. The van der Waals surface area contributed by atoms with Crippen molar-refractivity contribution in [3.8, 4) is 17.1 Å². The van der Waals surface area contributed by atoms with Crippen LogP contribution in [0.5, 0.6) is 5.75 Å². The Morgan fingerprint density at radius 2 is 1.85 bits per heavy atom. The number of rotatable bonds is 4. The first-order chi connectivity index (χ1) is 12.5. The first kappa shape index (κ1) is 16.3. The molecule has 26 heavy (non-hydrogen) atoms. The van der Waals surface area contributed by atoms with Crippen LogP contribution in [0.4, 0.5) is 0 Å². The van der Waals surface area contributed by atoms with Crippen molar-refractivity contribution < 1.29 is 14.4 Å². The second-order valence-corrected chi connectivity index (χ2v) is 6.78. The van der Waals surface area contributed by atoms with Crippen molar-refractivity contribution in [2.24, 2.45) is 5.92 Å². The van der Waals surface area contributed by atoms with E-state index in [-0.39, 0.29) is 23.6 Å². The average molecular weight is 349 g/mol. The molecular formula is C20H19N3O3. The number of aromatic hydroxyl groups is 1. The number of fused-ring (bicyclic) bond motifs is 1. The first-order valence-corrected chi connectivity index (χ1v) is 8.56. The van der Waals surface area contributed by atoms with Gasteiger partial charge in [0.15, 0.2) is 0 Å². The van der Waals surface area contributed by atoms with Crippen LogP contribution < -0.4 is 0 Å². The van der Waals surface area contributed by atoms with Crippen molar-refractivity contribution >= 4 is 5.91 Å². The molecule has 1 aliphatic rings. The van der Waals surface area contributed by atoms with Gasteiger partial charge in [0.25, 0.3) is 5.91 Å². The Labute approximate surface area is 151 Å². The standard InChI is InChI=1S/C20H19N3O3/c1-12(2)17(23-11-14-5-3-4-6-16(14)20(23)25)19-21-18(22-26-19)13-7-9-15(24)10-8-13/h3-10,12,17,24H,11H2,1-2H3/t17-/m1/s1. The summed E-state index contributed by atoms with van der Waals surface area (Å²) in [4.78, 5) is 19.2. The van der Waals surface area contributed by atoms with Gasteiger partial charge in [-0.05, 0) is 41.8 Å². The van der Waals surface area contributed by atoms with E-state index < -0.39 is 0 Å². The molecule has 0 unspecified atom stereocenters. The number of benzene rings is 2. The van der Waals surface area contributed by atoms with Gasteiger partial charge in [0.2, 0.25) is 11.7 Å². The molecule has 6 heteroatoms. The van der Waals surface area contributed by atoms with E-state index in [2.05, 4.69) is 10.1 Å². The molecule has 0 aliphatic carbocycles. The highest BCUT2D eigenvalue weighted by atomic mass is 16.5. The van der Waals surface area contributed by atoms with E-state index in [9.17, 15) is 9.90 Å². The summed E-state index contributed by atoms with van der Waals surface area (Å²) in [5.41, 5.74) is 2.49. The summed E-state index contributed by atoms with van der Waals surface area (Å²) in [6.45, 7) is 4.60. The Bertz CT molecular complexity index is 947. The van der Waals surface area contributed by atoms with Gasteiger partial charge < -0.3 is 14.5 Å². The molecule has 0 saturated heterocycles. The lowest BCUT2D eigenvalue weighted by Crippen LogP contribution is -2.32. The van der Waals surface area contributed by atoms with E-state index in [1.54, 1.807) is 29.2 Å². The monoisotopic (exact) mass is 349 g/mol. The maximum Gasteiger partial charge on any atom is 0.255 e. The van der Waals surface area contributed by atoms with Gasteiger partial charge in [-0.2, -0.15) is 4.98 Å². The largest absolute Gasteiger partial charge is 0.508 e. The number of hydrogen-bond donors (Lipinski definition) is 1. The fourth-order valence-corrected chi connectivity index (χ4v) is 3.36. The second kappa shape index (κ2) is 6.29. The van der Waals surface area contributed by atoms with Crippen LogP contribution in [0, 0.1) is 5.92 Å². The molecule has 3 aromatic rings. The van der Waals surface area contributed by atoms with Crippen LogP contribution in [0.1, 0.15) is 41.7 Å². The van der Waals surface area contributed by atoms with Crippen molar-refractivity contribution in [3.63, 3.8) is 0 Å².